The van der Waals surface area contributed by atoms with E-state index in [0.717, 1.165) is 0 Å². The van der Waals surface area contributed by atoms with Gasteiger partial charge in [0.15, 0.2) is 0 Å². The van der Waals surface area contributed by atoms with Crippen LogP contribution in [0.5, 0.6) is 0 Å². The fourth-order valence-electron chi connectivity index (χ4n) is 0. The van der Waals surface area contributed by atoms with Crippen LogP contribution in [-0.4, -0.2) is 34.7 Å². The summed E-state index contributed by atoms with van der Waals surface area (Å²) in [5.74, 6) is 0. The summed E-state index contributed by atoms with van der Waals surface area (Å²) < 4.78 is 0. The minimum atomic E-state index is 0. The molecule has 0 spiro atoms. The molecule has 0 heterocycles. The first-order valence-electron chi connectivity index (χ1n) is 0. The van der Waals surface area contributed by atoms with E-state index >= 15 is 0 Å². The van der Waals surface area contributed by atoms with Gasteiger partial charge in [0.1, 0.15) is 0 Å². The van der Waals surface area contributed by atoms with Gasteiger partial charge in [-0.3, -0.25) is 0 Å². The van der Waals surface area contributed by atoms with Crippen molar-refractivity contribution < 1.29 is 38.2 Å². The van der Waals surface area contributed by atoms with Crippen LogP contribution in [0.15, 0.2) is 0 Å². The zero-order valence-corrected chi connectivity index (χ0v) is 7.29. The van der Waals surface area contributed by atoms with E-state index in [1.54, 1.807) is 0 Å². The molecule has 0 aromatic heterocycles. The van der Waals surface area contributed by atoms with Crippen LogP contribution in [0, 0.1) is 0 Å². The number of hydrogen-bond acceptors (Lipinski definition) is 0. The van der Waals surface area contributed by atoms with E-state index in [0.29, 0.717) is 0 Å². The topological polar surface area (TPSA) is 28.5 Å². The standard InChI is InChI=1S/2Al.O.Y/q2*+3;-2;+3. The van der Waals surface area contributed by atoms with Gasteiger partial charge in [-0.2, -0.15) is 0 Å². The molecule has 8 valence electrons. The van der Waals surface area contributed by atoms with Gasteiger partial charge in [-0.15, -0.1) is 0 Å². The third-order valence-electron chi connectivity index (χ3n) is 0. The van der Waals surface area contributed by atoms with Crippen molar-refractivity contribution >= 4 is 34.7 Å². The van der Waals surface area contributed by atoms with Crippen molar-refractivity contribution in [1.29, 1.82) is 0 Å². The summed E-state index contributed by atoms with van der Waals surface area (Å²) in [6.07, 6.45) is 0. The van der Waals surface area contributed by atoms with Gasteiger partial charge in [-0.25, -0.2) is 0 Å². The first-order valence-corrected chi connectivity index (χ1v) is 0. The van der Waals surface area contributed by atoms with E-state index in [2.05, 4.69) is 0 Å². The van der Waals surface area contributed by atoms with Crippen molar-refractivity contribution in [3.05, 3.63) is 0 Å². The SMILES string of the molecule is [Al+3].[Al+3].[O-2].[Y+3]. The largest absolute Gasteiger partial charge is 3.00 e. The van der Waals surface area contributed by atoms with E-state index in [9.17, 15) is 0 Å². The summed E-state index contributed by atoms with van der Waals surface area (Å²) in [6.45, 7) is 0. The molecule has 0 radical (unpaired) electrons. The van der Waals surface area contributed by atoms with E-state index < -0.39 is 0 Å². The zero-order chi connectivity index (χ0) is 0. The fraction of sp³-hybridized carbons (Fsp3) is 0. The Morgan fingerprint density at radius 2 is 0.750 bits per heavy atom. The van der Waals surface area contributed by atoms with Crippen LogP contribution >= 0.6 is 0 Å². The Morgan fingerprint density at radius 3 is 0.750 bits per heavy atom. The second kappa shape index (κ2) is 19.3. The summed E-state index contributed by atoms with van der Waals surface area (Å²) in [5.41, 5.74) is 0. The van der Waals surface area contributed by atoms with Crippen molar-refractivity contribution in [2.75, 3.05) is 0 Å². The Labute approximate surface area is 72.0 Å². The molecule has 1 nitrogen and oxygen atoms in total. The van der Waals surface area contributed by atoms with Gasteiger partial charge in [0.25, 0.3) is 0 Å². The average Bonchev–Trinajstić information content (AvgIpc) is 0. The van der Waals surface area contributed by atoms with E-state index in [-0.39, 0.29) is 72.9 Å². The molecule has 0 atom stereocenters. The second-order valence-electron chi connectivity index (χ2n) is 0. The maximum absolute atomic E-state index is 0. The van der Waals surface area contributed by atoms with Crippen LogP contribution in [0.2, 0.25) is 0 Å². The van der Waals surface area contributed by atoms with Gasteiger partial charge in [0.05, 0.1) is 0 Å². The molecule has 4 heavy (non-hydrogen) atoms. The molecule has 0 saturated heterocycles. The summed E-state index contributed by atoms with van der Waals surface area (Å²) in [5, 5.41) is 0. The maximum Gasteiger partial charge on any atom is 3.00 e. The normalized spacial score (nSPS) is 0. The van der Waals surface area contributed by atoms with E-state index in [1.807, 2.05) is 0 Å². The smallest absolute Gasteiger partial charge is 2.00 e. The van der Waals surface area contributed by atoms with Crippen molar-refractivity contribution in [3.8, 4) is 0 Å². The van der Waals surface area contributed by atoms with Crippen molar-refractivity contribution in [2.24, 2.45) is 0 Å². The Bertz CT molecular complexity index is 6.00. The molecule has 0 aromatic carbocycles. The van der Waals surface area contributed by atoms with Crippen molar-refractivity contribution in [1.82, 2.24) is 0 Å². The molecule has 0 bridgehead atoms. The first-order chi connectivity index (χ1) is 0. The Hall–Kier alpha value is 2.13. The third kappa shape index (κ3) is 8.92. The van der Waals surface area contributed by atoms with Crippen LogP contribution in [0.4, 0.5) is 0 Å². The summed E-state index contributed by atoms with van der Waals surface area (Å²) in [4.78, 5) is 0. The number of rotatable bonds is 0. The minimum absolute atomic E-state index is 0. The molecule has 0 N–H and O–H groups in total. The van der Waals surface area contributed by atoms with Gasteiger partial charge in [0, 0.05) is 0 Å². The van der Waals surface area contributed by atoms with Gasteiger partial charge in [0.2, 0.25) is 0 Å². The Kier molecular flexibility index (Phi) is 172. The molecule has 0 unspecified atom stereocenters. The average molecular weight is 159 g/mol. The summed E-state index contributed by atoms with van der Waals surface area (Å²) in [6, 6.07) is 0. The molecular weight excluding hydrogens is 159 g/mol. The van der Waals surface area contributed by atoms with E-state index in [1.165, 1.54) is 0 Å². The van der Waals surface area contributed by atoms with Gasteiger partial charge >= 0.3 is 67.4 Å². The predicted octanol–water partition coefficient (Wildman–Crippen LogP) is -0.883. The van der Waals surface area contributed by atoms with Crippen molar-refractivity contribution in [2.45, 2.75) is 0 Å². The molecule has 0 rings (SSSR count). The summed E-state index contributed by atoms with van der Waals surface area (Å²) in [7, 11) is 0. The quantitative estimate of drug-likeness (QED) is 0.410. The monoisotopic (exact) mass is 159 g/mol. The summed E-state index contributed by atoms with van der Waals surface area (Å²) >= 11 is 0. The number of hydrogen-bond donors (Lipinski definition) is 0. The fourth-order valence-corrected chi connectivity index (χ4v) is 0. The Morgan fingerprint density at radius 1 is 0.750 bits per heavy atom. The van der Waals surface area contributed by atoms with Crippen LogP contribution < -0.4 is 0 Å². The molecule has 0 fully saturated rings. The molecule has 0 aliphatic carbocycles. The van der Waals surface area contributed by atoms with Crippen LogP contribution in [0.1, 0.15) is 0 Å². The van der Waals surface area contributed by atoms with Crippen LogP contribution in [0.3, 0.4) is 0 Å². The maximum atomic E-state index is 0. The molecule has 4 heteroatoms. The van der Waals surface area contributed by atoms with Crippen LogP contribution in [0.25, 0.3) is 0 Å². The van der Waals surface area contributed by atoms with Gasteiger partial charge in [-0.1, -0.05) is 0 Å². The molecular formula is Al2OY+7. The predicted molar refractivity (Wildman–Crippen MR) is 12.2 cm³/mol. The van der Waals surface area contributed by atoms with Crippen LogP contribution in [-0.2, 0) is 38.2 Å². The first kappa shape index (κ1) is 35.6. The van der Waals surface area contributed by atoms with E-state index in [4.69, 9.17) is 0 Å². The van der Waals surface area contributed by atoms with Gasteiger partial charge in [-0.05, 0) is 0 Å². The molecule has 0 aliphatic rings. The second-order valence-corrected chi connectivity index (χ2v) is 0. The third-order valence-corrected chi connectivity index (χ3v) is 0. The molecule has 0 aromatic rings. The van der Waals surface area contributed by atoms with Gasteiger partial charge < -0.3 is 5.48 Å². The Balaban J connectivity index is 0. The molecule has 0 saturated carbocycles. The zero-order valence-electron chi connectivity index (χ0n) is 2.14. The molecule has 0 aliphatic heterocycles. The van der Waals surface area contributed by atoms with Crippen molar-refractivity contribution in [3.63, 3.8) is 0 Å². The minimum Gasteiger partial charge on any atom is -2.00 e. The molecule has 0 amide bonds.